The maximum absolute atomic E-state index is 11.9. The largest absolute Gasteiger partial charge is 0.497 e. The van der Waals surface area contributed by atoms with E-state index in [9.17, 15) is 9.59 Å². The molecule has 0 aromatic heterocycles. The number of benzene rings is 2. The van der Waals surface area contributed by atoms with E-state index < -0.39 is 0 Å². The van der Waals surface area contributed by atoms with Gasteiger partial charge in [0.25, 0.3) is 0 Å². The van der Waals surface area contributed by atoms with Gasteiger partial charge < -0.3 is 15.4 Å². The van der Waals surface area contributed by atoms with Crippen molar-refractivity contribution in [3.8, 4) is 5.75 Å². The predicted molar refractivity (Wildman–Crippen MR) is 94.4 cm³/mol. The average Bonchev–Trinajstić information content (AvgIpc) is 2.56. The number of halogens is 1. The van der Waals surface area contributed by atoms with Gasteiger partial charge in [-0.15, -0.1) is 0 Å². The van der Waals surface area contributed by atoms with Gasteiger partial charge in [0.1, 0.15) is 12.2 Å². The summed E-state index contributed by atoms with van der Waals surface area (Å²) in [6, 6.07) is 14.4. The van der Waals surface area contributed by atoms with Gasteiger partial charge in [-0.3, -0.25) is 9.59 Å². The third kappa shape index (κ3) is 5.93. The van der Waals surface area contributed by atoms with Gasteiger partial charge in [0.05, 0.1) is 7.11 Å². The van der Waals surface area contributed by atoms with Crippen LogP contribution in [0, 0.1) is 0 Å². The Labute approximate surface area is 146 Å². The Balaban J connectivity index is 1.73. The highest BCUT2D eigenvalue weighted by molar-refractivity contribution is 6.30. The Kier molecular flexibility index (Phi) is 6.63. The van der Waals surface area contributed by atoms with Crippen LogP contribution in [-0.2, 0) is 16.0 Å². The molecule has 0 unspecified atom stereocenters. The van der Waals surface area contributed by atoms with Crippen molar-refractivity contribution in [1.82, 2.24) is 5.32 Å². The molecular weight excluding hydrogens is 328 g/mol. The summed E-state index contributed by atoms with van der Waals surface area (Å²) in [7, 11) is 1.55. The zero-order valence-electron chi connectivity index (χ0n) is 13.3. The molecule has 0 aliphatic heterocycles. The molecule has 0 spiro atoms. The van der Waals surface area contributed by atoms with Gasteiger partial charge in [-0.05, 0) is 36.2 Å². The fraction of sp³-hybridized carbons (Fsp3) is 0.222. The standard InChI is InChI=1S/C18H19ClN2O3/c1-24-16-4-2-3-15(11-16)21-18(23)12-17(22)20-10-9-13-5-7-14(19)8-6-13/h2-8,11H,9-10,12H2,1H3,(H,20,22)(H,21,23). The second-order valence-electron chi connectivity index (χ2n) is 5.18. The van der Waals surface area contributed by atoms with Crippen LogP contribution in [0.5, 0.6) is 5.75 Å². The summed E-state index contributed by atoms with van der Waals surface area (Å²) in [4.78, 5) is 23.7. The zero-order chi connectivity index (χ0) is 17.4. The number of anilines is 1. The smallest absolute Gasteiger partial charge is 0.233 e. The summed E-state index contributed by atoms with van der Waals surface area (Å²) in [6.45, 7) is 0.465. The second-order valence-corrected chi connectivity index (χ2v) is 5.62. The molecule has 0 bridgehead atoms. The Morgan fingerprint density at radius 2 is 1.83 bits per heavy atom. The normalized spacial score (nSPS) is 10.1. The maximum Gasteiger partial charge on any atom is 0.233 e. The van der Waals surface area contributed by atoms with E-state index in [1.165, 1.54) is 0 Å². The Bertz CT molecular complexity index is 702. The molecule has 0 fully saturated rings. The van der Waals surface area contributed by atoms with Crippen LogP contribution >= 0.6 is 11.6 Å². The molecule has 0 aliphatic carbocycles. The summed E-state index contributed by atoms with van der Waals surface area (Å²) in [5.74, 6) is -0.0446. The van der Waals surface area contributed by atoms with Gasteiger partial charge >= 0.3 is 0 Å². The zero-order valence-corrected chi connectivity index (χ0v) is 14.1. The summed E-state index contributed by atoms with van der Waals surface area (Å²) >= 11 is 5.82. The molecule has 0 saturated heterocycles. The molecule has 126 valence electrons. The van der Waals surface area contributed by atoms with Crippen LogP contribution in [0.3, 0.4) is 0 Å². The summed E-state index contributed by atoms with van der Waals surface area (Å²) in [5.41, 5.74) is 1.66. The van der Waals surface area contributed by atoms with Crippen molar-refractivity contribution in [3.63, 3.8) is 0 Å². The van der Waals surface area contributed by atoms with Crippen molar-refractivity contribution >= 4 is 29.1 Å². The highest BCUT2D eigenvalue weighted by atomic mass is 35.5. The van der Waals surface area contributed by atoms with Crippen LogP contribution < -0.4 is 15.4 Å². The van der Waals surface area contributed by atoms with Gasteiger partial charge in [-0.1, -0.05) is 29.8 Å². The molecule has 2 aromatic carbocycles. The van der Waals surface area contributed by atoms with Gasteiger partial charge in [0.15, 0.2) is 0 Å². The first kappa shape index (κ1) is 17.8. The Hall–Kier alpha value is -2.53. The van der Waals surface area contributed by atoms with E-state index in [2.05, 4.69) is 10.6 Å². The molecule has 2 N–H and O–H groups in total. The summed E-state index contributed by atoms with van der Waals surface area (Å²) in [6.07, 6.45) is 0.457. The van der Waals surface area contributed by atoms with Gasteiger partial charge in [-0.25, -0.2) is 0 Å². The minimum absolute atomic E-state index is 0.224. The number of rotatable bonds is 7. The molecule has 6 heteroatoms. The quantitative estimate of drug-likeness (QED) is 0.757. The number of amides is 2. The van der Waals surface area contributed by atoms with Gasteiger partial charge in [0.2, 0.25) is 11.8 Å². The summed E-state index contributed by atoms with van der Waals surface area (Å²) < 4.78 is 5.08. The molecule has 2 amide bonds. The molecule has 5 nitrogen and oxygen atoms in total. The first-order valence-electron chi connectivity index (χ1n) is 7.52. The minimum Gasteiger partial charge on any atom is -0.497 e. The van der Waals surface area contributed by atoms with Gasteiger partial charge in [-0.2, -0.15) is 0 Å². The molecule has 2 aromatic rings. The molecule has 0 heterocycles. The number of hydrogen-bond acceptors (Lipinski definition) is 3. The number of hydrogen-bond donors (Lipinski definition) is 2. The van der Waals surface area contributed by atoms with Crippen LogP contribution in [0.2, 0.25) is 5.02 Å². The lowest BCUT2D eigenvalue weighted by molar-refractivity contribution is -0.126. The third-order valence-corrected chi connectivity index (χ3v) is 3.58. The van der Waals surface area contributed by atoms with Crippen molar-refractivity contribution in [2.75, 3.05) is 19.0 Å². The van der Waals surface area contributed by atoms with Crippen LogP contribution in [0.25, 0.3) is 0 Å². The number of nitrogens with one attached hydrogen (secondary N) is 2. The monoisotopic (exact) mass is 346 g/mol. The topological polar surface area (TPSA) is 67.4 Å². The van der Waals surface area contributed by atoms with E-state index in [4.69, 9.17) is 16.3 Å². The van der Waals surface area contributed by atoms with E-state index in [1.807, 2.05) is 12.1 Å². The lowest BCUT2D eigenvalue weighted by atomic mass is 10.1. The number of carbonyl (C=O) groups is 2. The van der Waals surface area contributed by atoms with Crippen LogP contribution in [0.4, 0.5) is 5.69 Å². The van der Waals surface area contributed by atoms with Gasteiger partial charge in [0, 0.05) is 23.3 Å². The molecule has 2 rings (SSSR count). The molecular formula is C18H19ClN2O3. The minimum atomic E-state index is -0.368. The van der Waals surface area contributed by atoms with E-state index in [1.54, 1.807) is 43.5 Å². The lowest BCUT2D eigenvalue weighted by Crippen LogP contribution is -2.29. The van der Waals surface area contributed by atoms with Crippen molar-refractivity contribution in [2.45, 2.75) is 12.8 Å². The highest BCUT2D eigenvalue weighted by Crippen LogP contribution is 2.16. The van der Waals surface area contributed by atoms with Crippen molar-refractivity contribution in [1.29, 1.82) is 0 Å². The Morgan fingerprint density at radius 1 is 1.08 bits per heavy atom. The van der Waals surface area contributed by atoms with Crippen LogP contribution in [-0.4, -0.2) is 25.5 Å². The molecule has 0 radical (unpaired) electrons. The van der Waals surface area contributed by atoms with Crippen molar-refractivity contribution < 1.29 is 14.3 Å². The Morgan fingerprint density at radius 3 is 2.54 bits per heavy atom. The van der Waals surface area contributed by atoms with Crippen LogP contribution in [0.15, 0.2) is 48.5 Å². The number of methoxy groups -OCH3 is 1. The van der Waals surface area contributed by atoms with E-state index in [0.29, 0.717) is 29.4 Å². The van der Waals surface area contributed by atoms with E-state index >= 15 is 0 Å². The summed E-state index contributed by atoms with van der Waals surface area (Å²) in [5, 5.41) is 6.07. The third-order valence-electron chi connectivity index (χ3n) is 3.32. The second kappa shape index (κ2) is 8.93. The fourth-order valence-corrected chi connectivity index (χ4v) is 2.24. The average molecular weight is 347 g/mol. The van der Waals surface area contributed by atoms with E-state index in [0.717, 1.165) is 5.56 Å². The maximum atomic E-state index is 11.9. The van der Waals surface area contributed by atoms with Crippen molar-refractivity contribution in [3.05, 3.63) is 59.1 Å². The lowest BCUT2D eigenvalue weighted by Gasteiger charge is -2.08. The fourth-order valence-electron chi connectivity index (χ4n) is 2.11. The SMILES string of the molecule is COc1cccc(NC(=O)CC(=O)NCCc2ccc(Cl)cc2)c1. The first-order chi connectivity index (χ1) is 11.6. The predicted octanol–water partition coefficient (Wildman–Crippen LogP) is 3.04. The molecule has 24 heavy (non-hydrogen) atoms. The van der Waals surface area contributed by atoms with Crippen molar-refractivity contribution in [2.24, 2.45) is 0 Å². The molecule has 0 saturated carbocycles. The first-order valence-corrected chi connectivity index (χ1v) is 7.89. The highest BCUT2D eigenvalue weighted by Gasteiger charge is 2.09. The van der Waals surface area contributed by atoms with E-state index in [-0.39, 0.29) is 18.2 Å². The number of carbonyl (C=O) groups excluding carboxylic acids is 2. The van der Waals surface area contributed by atoms with Crippen LogP contribution in [0.1, 0.15) is 12.0 Å². The number of ether oxygens (including phenoxy) is 1. The molecule has 0 atom stereocenters. The molecule has 0 aliphatic rings.